The van der Waals surface area contributed by atoms with Gasteiger partial charge < -0.3 is 10.2 Å². The summed E-state index contributed by atoms with van der Waals surface area (Å²) in [6, 6.07) is 18.3. The second-order valence-corrected chi connectivity index (χ2v) is 10.2. The van der Waals surface area contributed by atoms with Crippen LogP contribution in [0.15, 0.2) is 78.3 Å². The fourth-order valence-electron chi connectivity index (χ4n) is 3.88. The molecule has 1 atom stereocenters. The first-order valence-electron chi connectivity index (χ1n) is 10.6. The van der Waals surface area contributed by atoms with Crippen molar-refractivity contribution in [1.82, 2.24) is 15.1 Å². The molecular formula is C25H27ClN4O3S. The highest BCUT2D eigenvalue weighted by Gasteiger charge is 2.31. The number of H-pyrrole nitrogens is 1. The summed E-state index contributed by atoms with van der Waals surface area (Å²) in [4.78, 5) is 14.1. The zero-order valence-electron chi connectivity index (χ0n) is 19.0. The third-order valence-electron chi connectivity index (χ3n) is 5.55. The average Bonchev–Trinajstić information content (AvgIpc) is 3.22. The highest BCUT2D eigenvalue weighted by atomic mass is 35.5. The van der Waals surface area contributed by atoms with Gasteiger partial charge in [-0.25, -0.2) is 8.42 Å². The number of carbonyl (C=O) groups is 1. The van der Waals surface area contributed by atoms with E-state index in [2.05, 4.69) is 22.1 Å². The van der Waals surface area contributed by atoms with E-state index in [1.165, 1.54) is 6.08 Å². The smallest absolute Gasteiger partial charge is 0.225 e. The maximum Gasteiger partial charge on any atom is 0.225 e. The molecule has 0 aliphatic carbocycles. The van der Waals surface area contributed by atoms with Gasteiger partial charge in [0.05, 0.1) is 5.52 Å². The second kappa shape index (κ2) is 10.4. The van der Waals surface area contributed by atoms with Crippen molar-refractivity contribution in [3.05, 3.63) is 78.9 Å². The number of aromatic amines is 1. The fraction of sp³-hybridized carbons (Fsp3) is 0.200. The Kier molecular flexibility index (Phi) is 7.76. The van der Waals surface area contributed by atoms with Gasteiger partial charge in [-0.15, -0.1) is 19.0 Å². The van der Waals surface area contributed by atoms with Gasteiger partial charge in [-0.1, -0.05) is 48.5 Å². The van der Waals surface area contributed by atoms with Gasteiger partial charge in [-0.2, -0.15) is 5.10 Å². The predicted octanol–water partition coefficient (Wildman–Crippen LogP) is 4.73. The largest absolute Gasteiger partial charge is 0.326 e. The van der Waals surface area contributed by atoms with E-state index in [4.69, 9.17) is 0 Å². The second-order valence-electron chi connectivity index (χ2n) is 8.16. The maximum atomic E-state index is 13.7. The van der Waals surface area contributed by atoms with Crippen LogP contribution in [0.3, 0.4) is 0 Å². The molecule has 1 unspecified atom stereocenters. The first-order valence-corrected chi connectivity index (χ1v) is 12.1. The minimum atomic E-state index is -3.86. The van der Waals surface area contributed by atoms with Crippen molar-refractivity contribution in [2.75, 3.05) is 26.0 Å². The van der Waals surface area contributed by atoms with Crippen LogP contribution in [0.1, 0.15) is 17.2 Å². The summed E-state index contributed by atoms with van der Waals surface area (Å²) in [5.41, 5.74) is 1.69. The molecule has 0 aliphatic rings. The number of fused-ring (bicyclic) bond motifs is 2. The van der Waals surface area contributed by atoms with Gasteiger partial charge in [-0.05, 0) is 48.6 Å². The van der Waals surface area contributed by atoms with Crippen LogP contribution in [-0.4, -0.2) is 50.1 Å². The molecule has 7 nitrogen and oxygen atoms in total. The number of rotatable bonds is 8. The van der Waals surface area contributed by atoms with Crippen LogP contribution in [0.4, 0.5) is 5.69 Å². The Balaban J connectivity index is 0.00000324. The molecule has 4 rings (SSSR count). The average molecular weight is 499 g/mol. The number of sulfone groups is 1. The summed E-state index contributed by atoms with van der Waals surface area (Å²) in [5.74, 6) is -0.117. The van der Waals surface area contributed by atoms with E-state index in [0.29, 0.717) is 35.1 Å². The fourth-order valence-corrected chi connectivity index (χ4v) is 5.58. The Hall–Kier alpha value is -3.20. The summed E-state index contributed by atoms with van der Waals surface area (Å²) in [6.45, 7) is 4.45. The van der Waals surface area contributed by atoms with Crippen LogP contribution in [-0.2, 0) is 14.6 Å². The highest BCUT2D eigenvalue weighted by Crippen LogP contribution is 2.36. The van der Waals surface area contributed by atoms with Crippen LogP contribution in [0, 0.1) is 0 Å². The molecule has 1 amide bonds. The van der Waals surface area contributed by atoms with E-state index in [1.807, 2.05) is 61.5 Å². The third kappa shape index (κ3) is 4.99. The molecule has 0 aliphatic heterocycles. The first-order chi connectivity index (χ1) is 15.8. The zero-order chi connectivity index (χ0) is 23.6. The number of hydrogen-bond donors (Lipinski definition) is 2. The van der Waals surface area contributed by atoms with E-state index in [-0.39, 0.29) is 23.3 Å². The number of amides is 1. The number of nitrogens with zero attached hydrogens (tertiary/aromatic N) is 2. The minimum Gasteiger partial charge on any atom is -0.326 e. The van der Waals surface area contributed by atoms with Crippen LogP contribution >= 0.6 is 12.4 Å². The lowest BCUT2D eigenvalue weighted by Gasteiger charge is -2.16. The molecule has 0 bridgehead atoms. The van der Waals surface area contributed by atoms with Crippen molar-refractivity contribution in [3.63, 3.8) is 0 Å². The minimum absolute atomic E-state index is 0. The number of nitrogens with one attached hydrogen (secondary N) is 2. The van der Waals surface area contributed by atoms with E-state index in [0.717, 1.165) is 10.8 Å². The van der Waals surface area contributed by atoms with Crippen LogP contribution in [0.2, 0.25) is 0 Å². The molecule has 9 heteroatoms. The maximum absolute atomic E-state index is 13.7. The third-order valence-corrected chi connectivity index (χ3v) is 7.55. The van der Waals surface area contributed by atoms with E-state index >= 15 is 0 Å². The molecule has 1 heterocycles. The zero-order valence-corrected chi connectivity index (χ0v) is 20.6. The summed E-state index contributed by atoms with van der Waals surface area (Å²) in [7, 11) is -0.0568. The van der Waals surface area contributed by atoms with Crippen molar-refractivity contribution in [2.24, 2.45) is 0 Å². The lowest BCUT2D eigenvalue weighted by molar-refractivity contribution is -0.116. The summed E-state index contributed by atoms with van der Waals surface area (Å²) in [6.07, 6.45) is 1.81. The normalized spacial score (nSPS) is 12.4. The SMILES string of the molecule is C=CC(c1cccc2ccccc12)S(=O)(=O)c1[nH]nc2cc(NC(=O)CCN(C)C)ccc12.Cl. The van der Waals surface area contributed by atoms with Gasteiger partial charge in [0.1, 0.15) is 5.25 Å². The molecular weight excluding hydrogens is 472 g/mol. The molecule has 4 aromatic rings. The number of benzene rings is 3. The molecule has 2 N–H and O–H groups in total. The molecule has 0 saturated heterocycles. The summed E-state index contributed by atoms with van der Waals surface area (Å²) >= 11 is 0. The lowest BCUT2D eigenvalue weighted by atomic mass is 10.0. The number of anilines is 1. The molecule has 34 heavy (non-hydrogen) atoms. The van der Waals surface area contributed by atoms with E-state index in [1.54, 1.807) is 18.2 Å². The summed E-state index contributed by atoms with van der Waals surface area (Å²) < 4.78 is 27.4. The molecule has 1 aromatic heterocycles. The van der Waals surface area contributed by atoms with Gasteiger partial charge in [0, 0.05) is 24.0 Å². The Bertz CT molecular complexity index is 1440. The van der Waals surface area contributed by atoms with Crippen molar-refractivity contribution < 1.29 is 13.2 Å². The molecule has 0 radical (unpaired) electrons. The quantitative estimate of drug-likeness (QED) is 0.342. The Morgan fingerprint density at radius 3 is 2.59 bits per heavy atom. The number of carbonyl (C=O) groups excluding carboxylic acids is 1. The monoisotopic (exact) mass is 498 g/mol. The standard InChI is InChI=1S/C25H26N4O3S.ClH/c1-4-23(20-11-7-9-17-8-5-6-10-19(17)20)33(31,32)25-21-13-12-18(16-22(21)27-28-25)26-24(30)14-15-29(2)3;/h4-13,16,23H,1,14-15H2,2-3H3,(H,26,30)(H,27,28);1H. The van der Waals surface area contributed by atoms with Gasteiger partial charge in [0.2, 0.25) is 15.7 Å². The topological polar surface area (TPSA) is 95.2 Å². The highest BCUT2D eigenvalue weighted by molar-refractivity contribution is 7.92. The van der Waals surface area contributed by atoms with Gasteiger partial charge in [-0.3, -0.25) is 9.89 Å². The van der Waals surface area contributed by atoms with E-state index in [9.17, 15) is 13.2 Å². The molecule has 178 valence electrons. The van der Waals surface area contributed by atoms with Crippen LogP contribution < -0.4 is 5.32 Å². The number of halogens is 1. The predicted molar refractivity (Wildman–Crippen MR) is 139 cm³/mol. The van der Waals surface area contributed by atoms with Crippen molar-refractivity contribution >= 4 is 55.5 Å². The number of hydrogen-bond acceptors (Lipinski definition) is 5. The molecule has 0 fully saturated rings. The van der Waals surface area contributed by atoms with Crippen molar-refractivity contribution in [2.45, 2.75) is 16.7 Å². The van der Waals surface area contributed by atoms with Gasteiger partial charge >= 0.3 is 0 Å². The molecule has 0 saturated carbocycles. The first kappa shape index (κ1) is 25.4. The van der Waals surface area contributed by atoms with Crippen molar-refractivity contribution in [3.8, 4) is 0 Å². The Morgan fingerprint density at radius 2 is 1.85 bits per heavy atom. The lowest BCUT2D eigenvalue weighted by Crippen LogP contribution is -2.20. The van der Waals surface area contributed by atoms with Gasteiger partial charge in [0.25, 0.3) is 0 Å². The molecule has 3 aromatic carbocycles. The Morgan fingerprint density at radius 1 is 1.12 bits per heavy atom. The summed E-state index contributed by atoms with van der Waals surface area (Å²) in [5, 5.41) is 11.1. The van der Waals surface area contributed by atoms with Crippen molar-refractivity contribution in [1.29, 1.82) is 0 Å². The Labute approximate surface area is 205 Å². The molecule has 0 spiro atoms. The number of aromatic nitrogens is 2. The van der Waals surface area contributed by atoms with Gasteiger partial charge in [0.15, 0.2) is 5.03 Å². The van der Waals surface area contributed by atoms with Crippen LogP contribution in [0.5, 0.6) is 0 Å². The van der Waals surface area contributed by atoms with E-state index < -0.39 is 15.1 Å². The van der Waals surface area contributed by atoms with Crippen LogP contribution in [0.25, 0.3) is 21.7 Å².